The van der Waals surface area contributed by atoms with E-state index in [0.29, 0.717) is 16.5 Å². The number of nitroso groups, excluding NO2 is 1. The van der Waals surface area contributed by atoms with Crippen LogP contribution in [0.4, 0.5) is 10.5 Å². The highest BCUT2D eigenvalue weighted by Gasteiger charge is 2.18. The summed E-state index contributed by atoms with van der Waals surface area (Å²) < 4.78 is 6.38. The third-order valence-electron chi connectivity index (χ3n) is 2.95. The zero-order chi connectivity index (χ0) is 16.5. The van der Waals surface area contributed by atoms with Gasteiger partial charge in [-0.1, -0.05) is 12.1 Å². The summed E-state index contributed by atoms with van der Waals surface area (Å²) in [6.45, 7) is 5.36. The molecule has 2 aromatic rings. The molecule has 7 nitrogen and oxygen atoms in total. The van der Waals surface area contributed by atoms with E-state index in [0.717, 1.165) is 4.57 Å². The molecule has 0 aliphatic heterocycles. The van der Waals surface area contributed by atoms with Gasteiger partial charge >= 0.3 is 12.0 Å². The number of fused-ring (bicyclic) bond motifs is 1. The molecule has 7 heteroatoms. The van der Waals surface area contributed by atoms with Gasteiger partial charge in [-0.2, -0.15) is 0 Å². The van der Waals surface area contributed by atoms with Crippen LogP contribution in [0.1, 0.15) is 26.3 Å². The van der Waals surface area contributed by atoms with E-state index >= 15 is 0 Å². The Hall–Kier alpha value is -2.70. The number of carbonyl (C=O) groups excluding carboxylic acids is 2. The van der Waals surface area contributed by atoms with E-state index in [1.165, 1.54) is 6.20 Å². The first-order valence-electron chi connectivity index (χ1n) is 6.70. The van der Waals surface area contributed by atoms with Gasteiger partial charge in [-0.15, -0.1) is 4.91 Å². The minimum Gasteiger partial charge on any atom is -0.460 e. The summed E-state index contributed by atoms with van der Waals surface area (Å²) in [6.07, 6.45) is 1.33. The molecule has 116 valence electrons. The topological polar surface area (TPSA) is 104 Å². The van der Waals surface area contributed by atoms with Crippen LogP contribution >= 0.6 is 0 Å². The molecule has 0 bridgehead atoms. The fourth-order valence-corrected chi connectivity index (χ4v) is 2.16. The van der Waals surface area contributed by atoms with Crippen molar-refractivity contribution in [2.75, 3.05) is 0 Å². The molecule has 2 N–H and O–H groups in total. The summed E-state index contributed by atoms with van der Waals surface area (Å²) in [5, 5.41) is 3.37. The van der Waals surface area contributed by atoms with Crippen LogP contribution in [-0.4, -0.2) is 22.2 Å². The van der Waals surface area contributed by atoms with Gasteiger partial charge in [-0.3, -0.25) is 9.36 Å². The molecule has 0 fully saturated rings. The number of hydrogen-bond donors (Lipinski definition) is 1. The van der Waals surface area contributed by atoms with Crippen LogP contribution in [0, 0.1) is 4.91 Å². The highest BCUT2D eigenvalue weighted by Crippen LogP contribution is 2.29. The summed E-state index contributed by atoms with van der Waals surface area (Å²) in [7, 11) is 0. The highest BCUT2D eigenvalue weighted by molar-refractivity contribution is 5.98. The van der Waals surface area contributed by atoms with Crippen molar-refractivity contribution in [3.05, 3.63) is 34.9 Å². The maximum absolute atomic E-state index is 11.9. The summed E-state index contributed by atoms with van der Waals surface area (Å²) in [5.41, 5.74) is 5.91. The van der Waals surface area contributed by atoms with Crippen LogP contribution in [0.15, 0.2) is 29.6 Å². The van der Waals surface area contributed by atoms with Crippen molar-refractivity contribution in [3.8, 4) is 0 Å². The van der Waals surface area contributed by atoms with Crippen LogP contribution in [0.25, 0.3) is 10.9 Å². The largest absolute Gasteiger partial charge is 0.460 e. The molecule has 1 heterocycles. The average molecular weight is 303 g/mol. The summed E-state index contributed by atoms with van der Waals surface area (Å²) in [4.78, 5) is 34.1. The Morgan fingerprint density at radius 1 is 1.32 bits per heavy atom. The van der Waals surface area contributed by atoms with Gasteiger partial charge in [0.25, 0.3) is 0 Å². The Bertz CT molecular complexity index is 756. The van der Waals surface area contributed by atoms with Crippen molar-refractivity contribution in [1.82, 2.24) is 4.57 Å². The Kier molecular flexibility index (Phi) is 3.99. The number of benzene rings is 1. The molecule has 0 radical (unpaired) electrons. The second kappa shape index (κ2) is 5.59. The van der Waals surface area contributed by atoms with E-state index in [-0.39, 0.29) is 18.1 Å². The van der Waals surface area contributed by atoms with E-state index in [4.69, 9.17) is 10.5 Å². The van der Waals surface area contributed by atoms with Crippen LogP contribution in [-0.2, 0) is 16.0 Å². The van der Waals surface area contributed by atoms with Gasteiger partial charge in [0.1, 0.15) is 11.3 Å². The van der Waals surface area contributed by atoms with E-state index in [9.17, 15) is 14.5 Å². The minimum atomic E-state index is -0.727. The lowest BCUT2D eigenvalue weighted by Crippen LogP contribution is -2.24. The molecule has 1 aromatic heterocycles. The molecule has 22 heavy (non-hydrogen) atoms. The van der Waals surface area contributed by atoms with E-state index in [1.54, 1.807) is 39.0 Å². The van der Waals surface area contributed by atoms with Gasteiger partial charge in [0.15, 0.2) is 0 Å². The minimum absolute atomic E-state index is 0.0566. The number of primary amides is 1. The number of ether oxygens (including phenoxy) is 1. The summed E-state index contributed by atoms with van der Waals surface area (Å²) >= 11 is 0. The molecule has 2 rings (SSSR count). The zero-order valence-corrected chi connectivity index (χ0v) is 12.6. The first-order valence-corrected chi connectivity index (χ1v) is 6.70. The normalized spacial score (nSPS) is 11.4. The van der Waals surface area contributed by atoms with Gasteiger partial charge in [0.2, 0.25) is 0 Å². The number of esters is 1. The van der Waals surface area contributed by atoms with Crippen molar-refractivity contribution < 1.29 is 14.3 Å². The molecule has 0 saturated heterocycles. The fourth-order valence-electron chi connectivity index (χ4n) is 2.16. The number of amides is 1. The maximum atomic E-state index is 11.9. The third kappa shape index (κ3) is 3.30. The molecule has 0 atom stereocenters. The average Bonchev–Trinajstić information content (AvgIpc) is 2.74. The van der Waals surface area contributed by atoms with Crippen LogP contribution < -0.4 is 5.73 Å². The lowest BCUT2D eigenvalue weighted by molar-refractivity contribution is -0.153. The fraction of sp³-hybridized carbons (Fsp3) is 0.333. The molecular formula is C15H17N3O4. The smallest absolute Gasteiger partial charge is 0.323 e. The van der Waals surface area contributed by atoms with Crippen molar-refractivity contribution in [1.29, 1.82) is 0 Å². The monoisotopic (exact) mass is 303 g/mol. The van der Waals surface area contributed by atoms with Crippen molar-refractivity contribution in [2.45, 2.75) is 32.8 Å². The van der Waals surface area contributed by atoms with Gasteiger partial charge in [0, 0.05) is 11.6 Å². The number of carbonyl (C=O) groups is 2. The van der Waals surface area contributed by atoms with E-state index < -0.39 is 11.6 Å². The lowest BCUT2D eigenvalue weighted by atomic mass is 10.1. The Morgan fingerprint density at radius 3 is 2.55 bits per heavy atom. The number of nitrogens with zero attached hydrogens (tertiary/aromatic N) is 2. The standard InChI is InChI=1S/C15H17N3O4/c1-15(2,3)22-13(19)7-9-4-5-10-11(17-21)8-18(14(16)20)12(10)6-9/h4-6,8H,7H2,1-3H3,(H2,16,20). The molecule has 0 spiro atoms. The number of aromatic nitrogens is 1. The van der Waals surface area contributed by atoms with Gasteiger partial charge < -0.3 is 10.5 Å². The van der Waals surface area contributed by atoms with Gasteiger partial charge in [-0.25, -0.2) is 4.79 Å². The quantitative estimate of drug-likeness (QED) is 0.695. The zero-order valence-electron chi connectivity index (χ0n) is 12.6. The second-order valence-electron chi connectivity index (χ2n) is 5.93. The summed E-state index contributed by atoms with van der Waals surface area (Å²) in [6, 6.07) is 4.21. The molecule has 0 aliphatic carbocycles. The van der Waals surface area contributed by atoms with Crippen molar-refractivity contribution >= 4 is 28.6 Å². The predicted molar refractivity (Wildman–Crippen MR) is 81.9 cm³/mol. The van der Waals surface area contributed by atoms with Crippen molar-refractivity contribution in [2.24, 2.45) is 10.9 Å². The summed E-state index contributed by atoms with van der Waals surface area (Å²) in [5.74, 6) is -0.377. The van der Waals surface area contributed by atoms with Gasteiger partial charge in [-0.05, 0) is 37.6 Å². The molecule has 0 saturated carbocycles. The number of rotatable bonds is 3. The maximum Gasteiger partial charge on any atom is 0.323 e. The Morgan fingerprint density at radius 2 is 2.00 bits per heavy atom. The molecule has 0 aliphatic rings. The van der Waals surface area contributed by atoms with Crippen molar-refractivity contribution in [3.63, 3.8) is 0 Å². The number of nitrogens with two attached hydrogens (primary N) is 1. The highest BCUT2D eigenvalue weighted by atomic mass is 16.6. The number of hydrogen-bond acceptors (Lipinski definition) is 5. The Balaban J connectivity index is 2.38. The van der Waals surface area contributed by atoms with Crippen LogP contribution in [0.5, 0.6) is 0 Å². The predicted octanol–water partition coefficient (Wildman–Crippen LogP) is 2.85. The SMILES string of the molecule is CC(C)(C)OC(=O)Cc1ccc2c(N=O)cn(C(N)=O)c2c1. The van der Waals surface area contributed by atoms with Crippen LogP contribution in [0.2, 0.25) is 0 Å². The second-order valence-corrected chi connectivity index (χ2v) is 5.93. The Labute approximate surface area is 127 Å². The molecule has 1 amide bonds. The first kappa shape index (κ1) is 15.7. The van der Waals surface area contributed by atoms with E-state index in [2.05, 4.69) is 5.18 Å². The van der Waals surface area contributed by atoms with Crippen LogP contribution in [0.3, 0.4) is 0 Å². The molecular weight excluding hydrogens is 286 g/mol. The first-order chi connectivity index (χ1) is 10.2. The van der Waals surface area contributed by atoms with E-state index in [1.807, 2.05) is 0 Å². The lowest BCUT2D eigenvalue weighted by Gasteiger charge is -2.19. The third-order valence-corrected chi connectivity index (χ3v) is 2.95. The van der Waals surface area contributed by atoms with Gasteiger partial charge in [0.05, 0.1) is 11.9 Å². The molecule has 0 unspecified atom stereocenters. The molecule has 1 aromatic carbocycles.